The second-order valence-electron chi connectivity index (χ2n) is 7.08. The van der Waals surface area contributed by atoms with E-state index >= 15 is 0 Å². The summed E-state index contributed by atoms with van der Waals surface area (Å²) in [6.07, 6.45) is 1.86. The van der Waals surface area contributed by atoms with Crippen molar-refractivity contribution in [3.8, 4) is 0 Å². The Labute approximate surface area is 138 Å². The summed E-state index contributed by atoms with van der Waals surface area (Å²) in [5.74, 6) is -0.221. The Morgan fingerprint density at radius 2 is 2.09 bits per heavy atom. The lowest BCUT2D eigenvalue weighted by Gasteiger charge is -2.34. The molecule has 132 valence electrons. The molecule has 0 bridgehead atoms. The van der Waals surface area contributed by atoms with Gasteiger partial charge in [-0.15, -0.1) is 0 Å². The zero-order chi connectivity index (χ0) is 17.4. The van der Waals surface area contributed by atoms with Gasteiger partial charge >= 0.3 is 7.12 Å². The van der Waals surface area contributed by atoms with Crippen molar-refractivity contribution in [2.24, 2.45) is 17.4 Å². The van der Waals surface area contributed by atoms with Crippen molar-refractivity contribution in [2.45, 2.75) is 50.1 Å². The summed E-state index contributed by atoms with van der Waals surface area (Å²) < 4.78 is 29.0. The molecule has 2 atom stereocenters. The number of nitrogens with two attached hydrogens (primary N) is 2. The summed E-state index contributed by atoms with van der Waals surface area (Å²) in [4.78, 5) is 0. The Morgan fingerprint density at radius 1 is 1.48 bits per heavy atom. The van der Waals surface area contributed by atoms with Crippen molar-refractivity contribution >= 4 is 17.3 Å². The second-order valence-corrected chi connectivity index (χ2v) is 8.78. The molecule has 0 aromatic carbocycles. The van der Waals surface area contributed by atoms with Crippen LogP contribution in [0.4, 0.5) is 0 Å². The first kappa shape index (κ1) is 18.8. The monoisotopic (exact) mass is 346 g/mol. The van der Waals surface area contributed by atoms with Crippen molar-refractivity contribution in [1.82, 2.24) is 9.03 Å². The lowest BCUT2D eigenvalue weighted by Crippen LogP contribution is -2.54. The number of nitrogens with zero attached hydrogens (tertiary/aromatic N) is 1. The number of nitrogens with one attached hydrogen (secondary N) is 1. The van der Waals surface area contributed by atoms with E-state index in [4.69, 9.17) is 21.5 Å². The molecule has 1 aliphatic heterocycles. The predicted octanol–water partition coefficient (Wildman–Crippen LogP) is -1.62. The van der Waals surface area contributed by atoms with Crippen LogP contribution in [0.2, 0.25) is 6.32 Å². The van der Waals surface area contributed by atoms with Gasteiger partial charge in [0.25, 0.3) is 10.2 Å². The minimum Gasteiger partial charge on any atom is -0.427 e. The SMILES string of the molecule is C=C(CCB(O)O)[C@H]1CN(S(=O)(=O)NC2CC(N)C2)C[C@]1(C)N. The van der Waals surface area contributed by atoms with E-state index in [1.54, 1.807) is 6.92 Å². The molecule has 2 aliphatic rings. The summed E-state index contributed by atoms with van der Waals surface area (Å²) in [5.41, 5.74) is 12.0. The summed E-state index contributed by atoms with van der Waals surface area (Å²) in [6, 6.07) is -0.0377. The molecule has 10 heteroatoms. The summed E-state index contributed by atoms with van der Waals surface area (Å²) in [7, 11) is -5.01. The highest BCUT2D eigenvalue weighted by molar-refractivity contribution is 7.87. The van der Waals surface area contributed by atoms with Crippen molar-refractivity contribution < 1.29 is 18.5 Å². The van der Waals surface area contributed by atoms with E-state index in [0.717, 1.165) is 5.57 Å². The number of rotatable bonds is 7. The number of hydrogen-bond acceptors (Lipinski definition) is 6. The first-order valence-electron chi connectivity index (χ1n) is 7.87. The topological polar surface area (TPSA) is 142 Å². The van der Waals surface area contributed by atoms with E-state index in [1.165, 1.54) is 4.31 Å². The van der Waals surface area contributed by atoms with E-state index in [9.17, 15) is 8.42 Å². The highest BCUT2D eigenvalue weighted by Gasteiger charge is 2.46. The normalized spacial score (nSPS) is 35.1. The van der Waals surface area contributed by atoms with Crippen molar-refractivity contribution in [2.75, 3.05) is 13.1 Å². The molecule has 1 saturated heterocycles. The maximum Gasteiger partial charge on any atom is 0.451 e. The van der Waals surface area contributed by atoms with Crippen LogP contribution in [0.1, 0.15) is 26.2 Å². The average Bonchev–Trinajstić information content (AvgIpc) is 2.70. The van der Waals surface area contributed by atoms with Gasteiger partial charge in [0.2, 0.25) is 0 Å². The van der Waals surface area contributed by atoms with Crippen LogP contribution in [0.15, 0.2) is 12.2 Å². The molecule has 0 radical (unpaired) electrons. The zero-order valence-electron chi connectivity index (χ0n) is 13.5. The van der Waals surface area contributed by atoms with Gasteiger partial charge in [0.1, 0.15) is 0 Å². The molecule has 2 rings (SSSR count). The van der Waals surface area contributed by atoms with E-state index in [0.29, 0.717) is 19.3 Å². The Morgan fingerprint density at radius 3 is 2.61 bits per heavy atom. The third kappa shape index (κ3) is 4.53. The van der Waals surface area contributed by atoms with Crippen LogP contribution in [0.3, 0.4) is 0 Å². The molecule has 1 saturated carbocycles. The fourth-order valence-electron chi connectivity index (χ4n) is 3.28. The molecule has 0 aromatic heterocycles. The van der Waals surface area contributed by atoms with Crippen LogP contribution >= 0.6 is 0 Å². The smallest absolute Gasteiger partial charge is 0.427 e. The fraction of sp³-hybridized carbons (Fsp3) is 0.846. The lowest BCUT2D eigenvalue weighted by atomic mass is 9.77. The largest absolute Gasteiger partial charge is 0.451 e. The average molecular weight is 346 g/mol. The number of hydrogen-bond donors (Lipinski definition) is 5. The molecule has 0 spiro atoms. The maximum absolute atomic E-state index is 12.5. The Kier molecular flexibility index (Phi) is 5.57. The molecular weight excluding hydrogens is 319 g/mol. The molecule has 8 nitrogen and oxygen atoms in total. The summed E-state index contributed by atoms with van der Waals surface area (Å²) in [5, 5.41) is 17.9. The van der Waals surface area contributed by atoms with Gasteiger partial charge < -0.3 is 21.5 Å². The van der Waals surface area contributed by atoms with E-state index in [2.05, 4.69) is 11.3 Å². The van der Waals surface area contributed by atoms with Crippen molar-refractivity contribution in [3.63, 3.8) is 0 Å². The molecule has 2 fully saturated rings. The van der Waals surface area contributed by atoms with Gasteiger partial charge in [-0.2, -0.15) is 17.4 Å². The van der Waals surface area contributed by atoms with Gasteiger partial charge in [0, 0.05) is 36.6 Å². The molecular formula is C13H27BN4O4S. The minimum absolute atomic E-state index is 0.0680. The first-order chi connectivity index (χ1) is 10.5. The van der Waals surface area contributed by atoms with Crippen LogP contribution < -0.4 is 16.2 Å². The third-order valence-corrected chi connectivity index (χ3v) is 6.33. The maximum atomic E-state index is 12.5. The van der Waals surface area contributed by atoms with Crippen LogP contribution in [-0.4, -0.2) is 60.6 Å². The standard InChI is InChI=1S/C13H27BN4O4S/c1-9(3-4-14(19)20)12-7-18(8-13(12,2)16)23(21,22)17-11-5-10(15)6-11/h10-12,17,19-20H,1,3-8,15-16H2,2H3/t10?,11?,12-,13+/m1/s1. The van der Waals surface area contributed by atoms with Gasteiger partial charge in [-0.05, 0) is 32.5 Å². The van der Waals surface area contributed by atoms with Gasteiger partial charge in [0.05, 0.1) is 0 Å². The molecule has 0 amide bonds. The highest BCUT2D eigenvalue weighted by atomic mass is 32.2. The van der Waals surface area contributed by atoms with Crippen LogP contribution in [0.25, 0.3) is 0 Å². The molecule has 0 aromatic rings. The Bertz CT molecular complexity index is 548. The molecule has 23 heavy (non-hydrogen) atoms. The van der Waals surface area contributed by atoms with Gasteiger partial charge in [-0.3, -0.25) is 0 Å². The molecule has 1 heterocycles. The molecule has 1 aliphatic carbocycles. The first-order valence-corrected chi connectivity index (χ1v) is 9.31. The highest BCUT2D eigenvalue weighted by Crippen LogP contribution is 2.34. The van der Waals surface area contributed by atoms with Crippen LogP contribution in [-0.2, 0) is 10.2 Å². The van der Waals surface area contributed by atoms with E-state index in [1.807, 2.05) is 0 Å². The third-order valence-electron chi connectivity index (χ3n) is 4.75. The lowest BCUT2D eigenvalue weighted by molar-refractivity contribution is 0.317. The zero-order valence-corrected chi connectivity index (χ0v) is 14.3. The van der Waals surface area contributed by atoms with Gasteiger partial charge in [-0.25, -0.2) is 0 Å². The van der Waals surface area contributed by atoms with Crippen LogP contribution in [0, 0.1) is 5.92 Å². The quantitative estimate of drug-likeness (QED) is 0.277. The Hall–Kier alpha value is -0.485. The van der Waals surface area contributed by atoms with Crippen molar-refractivity contribution in [1.29, 1.82) is 0 Å². The summed E-state index contributed by atoms with van der Waals surface area (Å²) in [6.45, 7) is 6.21. The van der Waals surface area contributed by atoms with Crippen LogP contribution in [0.5, 0.6) is 0 Å². The van der Waals surface area contributed by atoms with Crippen molar-refractivity contribution in [3.05, 3.63) is 12.2 Å². The minimum atomic E-state index is -3.60. The van der Waals surface area contributed by atoms with Gasteiger partial charge in [-0.1, -0.05) is 12.2 Å². The van der Waals surface area contributed by atoms with Gasteiger partial charge in [0.15, 0.2) is 0 Å². The van der Waals surface area contributed by atoms with E-state index in [-0.39, 0.29) is 37.4 Å². The summed E-state index contributed by atoms with van der Waals surface area (Å²) >= 11 is 0. The predicted molar refractivity (Wildman–Crippen MR) is 89.5 cm³/mol. The molecule has 7 N–H and O–H groups in total. The molecule has 0 unspecified atom stereocenters. The second kappa shape index (κ2) is 6.79. The Balaban J connectivity index is 1.99. The van der Waals surface area contributed by atoms with E-state index < -0.39 is 22.9 Å². The fourth-order valence-corrected chi connectivity index (χ4v) is 4.83.